The van der Waals surface area contributed by atoms with Gasteiger partial charge in [0.2, 0.25) is 0 Å². The van der Waals surface area contributed by atoms with Crippen molar-refractivity contribution in [2.24, 2.45) is 0 Å². The summed E-state index contributed by atoms with van der Waals surface area (Å²) in [7, 11) is 0. The number of aryl methyl sites for hydroxylation is 1. The lowest BCUT2D eigenvalue weighted by atomic mass is 10.2. The molecule has 5 heteroatoms. The molecule has 0 saturated heterocycles. The largest absolute Gasteiger partial charge is 0.477 e. The summed E-state index contributed by atoms with van der Waals surface area (Å²) >= 11 is 1.44. The van der Waals surface area contributed by atoms with Crippen molar-refractivity contribution in [1.82, 2.24) is 9.97 Å². The van der Waals surface area contributed by atoms with E-state index in [0.29, 0.717) is 16.3 Å². The molecule has 1 N–H and O–H groups in total. The fraction of sp³-hybridized carbons (Fsp3) is 0.0833. The van der Waals surface area contributed by atoms with E-state index in [1.807, 2.05) is 5.38 Å². The van der Waals surface area contributed by atoms with Gasteiger partial charge in [0.1, 0.15) is 5.69 Å². The summed E-state index contributed by atoms with van der Waals surface area (Å²) in [6.45, 7) is 1.74. The zero-order valence-electron chi connectivity index (χ0n) is 8.97. The van der Waals surface area contributed by atoms with Crippen LogP contribution in [0.1, 0.15) is 26.8 Å². The van der Waals surface area contributed by atoms with Crippen molar-refractivity contribution >= 4 is 17.3 Å². The Bertz CT molecular complexity index is 609. The van der Waals surface area contributed by atoms with Crippen LogP contribution in [0.3, 0.4) is 0 Å². The van der Waals surface area contributed by atoms with Crippen LogP contribution in [0.2, 0.25) is 0 Å². The van der Waals surface area contributed by atoms with Gasteiger partial charge in [0, 0.05) is 22.8 Å². The third-order valence-corrected chi connectivity index (χ3v) is 2.61. The molecule has 2 aromatic rings. The van der Waals surface area contributed by atoms with Gasteiger partial charge in [-0.1, -0.05) is 5.92 Å². The predicted octanol–water partition coefficient (Wildman–Crippen LogP) is 1.94. The lowest BCUT2D eigenvalue weighted by molar-refractivity contribution is 0.0690. The molecule has 4 nitrogen and oxygen atoms in total. The van der Waals surface area contributed by atoms with Crippen LogP contribution < -0.4 is 0 Å². The van der Waals surface area contributed by atoms with E-state index in [-0.39, 0.29) is 5.69 Å². The summed E-state index contributed by atoms with van der Waals surface area (Å²) < 4.78 is 0. The van der Waals surface area contributed by atoms with E-state index >= 15 is 0 Å². The smallest absolute Gasteiger partial charge is 0.354 e. The molecule has 0 saturated carbocycles. The Morgan fingerprint density at radius 3 is 2.88 bits per heavy atom. The van der Waals surface area contributed by atoms with Crippen LogP contribution in [0.25, 0.3) is 0 Å². The monoisotopic (exact) mass is 244 g/mol. The third kappa shape index (κ3) is 2.89. The van der Waals surface area contributed by atoms with Gasteiger partial charge in [-0.15, -0.1) is 11.3 Å². The van der Waals surface area contributed by atoms with Crippen molar-refractivity contribution in [3.05, 3.63) is 45.7 Å². The first-order valence-electron chi connectivity index (χ1n) is 4.78. The zero-order chi connectivity index (χ0) is 12.3. The minimum absolute atomic E-state index is 0.00781. The van der Waals surface area contributed by atoms with Gasteiger partial charge in [-0.2, -0.15) is 0 Å². The first kappa shape index (κ1) is 11.3. The molecular formula is C12H8N2O2S. The SMILES string of the molecule is Cc1cc(C#Cc2nccs2)cc(C(=O)O)n1. The number of carboxylic acids is 1. The molecule has 17 heavy (non-hydrogen) atoms. The summed E-state index contributed by atoms with van der Waals surface area (Å²) in [5.74, 6) is 4.70. The van der Waals surface area contributed by atoms with E-state index in [2.05, 4.69) is 21.8 Å². The lowest BCUT2D eigenvalue weighted by Crippen LogP contribution is -2.02. The van der Waals surface area contributed by atoms with Gasteiger partial charge in [-0.05, 0) is 25.0 Å². The minimum Gasteiger partial charge on any atom is -0.477 e. The Morgan fingerprint density at radius 1 is 1.41 bits per heavy atom. The predicted molar refractivity (Wildman–Crippen MR) is 64.0 cm³/mol. The molecule has 0 radical (unpaired) electrons. The van der Waals surface area contributed by atoms with Gasteiger partial charge in [0.15, 0.2) is 5.01 Å². The number of pyridine rings is 1. The molecule has 0 atom stereocenters. The average Bonchev–Trinajstić information content (AvgIpc) is 2.78. The maximum atomic E-state index is 10.8. The average molecular weight is 244 g/mol. The summed E-state index contributed by atoms with van der Waals surface area (Å²) in [5.41, 5.74) is 1.27. The maximum absolute atomic E-state index is 10.8. The molecule has 2 heterocycles. The van der Waals surface area contributed by atoms with Gasteiger partial charge in [-0.3, -0.25) is 0 Å². The standard InChI is InChI=1S/C12H8N2O2S/c1-8-6-9(7-10(14-8)12(15)16)2-3-11-13-4-5-17-11/h4-7H,1H3,(H,15,16). The number of carbonyl (C=O) groups is 1. The number of aromatic nitrogens is 2. The van der Waals surface area contributed by atoms with Gasteiger partial charge in [-0.25, -0.2) is 14.8 Å². The molecule has 84 valence electrons. The van der Waals surface area contributed by atoms with Crippen molar-refractivity contribution in [3.63, 3.8) is 0 Å². The number of aromatic carboxylic acids is 1. The molecule has 0 aliphatic carbocycles. The van der Waals surface area contributed by atoms with Crippen LogP contribution in [0.5, 0.6) is 0 Å². The molecule has 0 unspecified atom stereocenters. The number of carboxylic acid groups (broad SMARTS) is 1. The highest BCUT2D eigenvalue weighted by molar-refractivity contribution is 7.10. The van der Waals surface area contributed by atoms with E-state index in [1.165, 1.54) is 17.4 Å². The van der Waals surface area contributed by atoms with E-state index in [9.17, 15) is 4.79 Å². The van der Waals surface area contributed by atoms with E-state index in [1.54, 1.807) is 19.2 Å². The second kappa shape index (κ2) is 4.76. The van der Waals surface area contributed by atoms with Crippen molar-refractivity contribution in [2.75, 3.05) is 0 Å². The summed E-state index contributed by atoms with van der Waals surface area (Å²) in [4.78, 5) is 18.7. The molecule has 0 aliphatic rings. The Labute approximate surface area is 102 Å². The number of nitrogens with zero attached hydrogens (tertiary/aromatic N) is 2. The summed E-state index contributed by atoms with van der Waals surface area (Å²) in [5, 5.41) is 11.4. The molecule has 2 rings (SSSR count). The van der Waals surface area contributed by atoms with Crippen molar-refractivity contribution in [1.29, 1.82) is 0 Å². The molecule has 0 amide bonds. The van der Waals surface area contributed by atoms with Crippen LogP contribution in [-0.2, 0) is 0 Å². The molecule has 2 aromatic heterocycles. The highest BCUT2D eigenvalue weighted by Gasteiger charge is 2.05. The fourth-order valence-corrected chi connectivity index (χ4v) is 1.74. The van der Waals surface area contributed by atoms with E-state index in [0.717, 1.165) is 0 Å². The molecular weight excluding hydrogens is 236 g/mol. The normalized spacial score (nSPS) is 9.47. The summed E-state index contributed by atoms with van der Waals surface area (Å²) in [6.07, 6.45) is 1.68. The first-order valence-corrected chi connectivity index (χ1v) is 5.66. The summed E-state index contributed by atoms with van der Waals surface area (Å²) in [6, 6.07) is 3.20. The second-order valence-corrected chi connectivity index (χ2v) is 4.17. The van der Waals surface area contributed by atoms with E-state index in [4.69, 9.17) is 5.11 Å². The quantitative estimate of drug-likeness (QED) is 0.779. The van der Waals surface area contributed by atoms with Gasteiger partial charge < -0.3 is 5.11 Å². The fourth-order valence-electron chi connectivity index (χ4n) is 1.26. The molecule has 0 aliphatic heterocycles. The molecule has 0 fully saturated rings. The number of hydrogen-bond donors (Lipinski definition) is 1. The maximum Gasteiger partial charge on any atom is 0.354 e. The number of hydrogen-bond acceptors (Lipinski definition) is 4. The molecule has 0 aromatic carbocycles. The van der Waals surface area contributed by atoms with Crippen molar-refractivity contribution < 1.29 is 9.90 Å². The molecule has 0 spiro atoms. The second-order valence-electron chi connectivity index (χ2n) is 3.27. The Kier molecular flexibility index (Phi) is 3.17. The minimum atomic E-state index is -1.05. The Balaban J connectivity index is 2.36. The first-order chi connectivity index (χ1) is 8.15. The van der Waals surface area contributed by atoms with Crippen molar-refractivity contribution in [3.8, 4) is 11.8 Å². The van der Waals surface area contributed by atoms with Gasteiger partial charge in [0.05, 0.1) is 0 Å². The van der Waals surface area contributed by atoms with Crippen molar-refractivity contribution in [2.45, 2.75) is 6.92 Å². The highest BCUT2D eigenvalue weighted by atomic mass is 32.1. The van der Waals surface area contributed by atoms with Crippen LogP contribution >= 0.6 is 11.3 Å². The van der Waals surface area contributed by atoms with Crippen LogP contribution in [-0.4, -0.2) is 21.0 Å². The lowest BCUT2D eigenvalue weighted by Gasteiger charge is -1.97. The number of rotatable bonds is 1. The molecule has 0 bridgehead atoms. The van der Waals surface area contributed by atoms with Crippen LogP contribution in [0.15, 0.2) is 23.7 Å². The van der Waals surface area contributed by atoms with Gasteiger partial charge in [0.25, 0.3) is 0 Å². The highest BCUT2D eigenvalue weighted by Crippen LogP contribution is 2.06. The number of thiazole rings is 1. The Hall–Kier alpha value is -2.19. The zero-order valence-corrected chi connectivity index (χ0v) is 9.78. The van der Waals surface area contributed by atoms with Crippen LogP contribution in [0, 0.1) is 18.8 Å². The van der Waals surface area contributed by atoms with E-state index < -0.39 is 5.97 Å². The van der Waals surface area contributed by atoms with Crippen LogP contribution in [0.4, 0.5) is 0 Å². The third-order valence-electron chi connectivity index (χ3n) is 1.92. The Morgan fingerprint density at radius 2 is 2.24 bits per heavy atom. The van der Waals surface area contributed by atoms with Gasteiger partial charge >= 0.3 is 5.97 Å². The topological polar surface area (TPSA) is 63.1 Å².